The van der Waals surface area contributed by atoms with Crippen LogP contribution in [0.25, 0.3) is 0 Å². The number of carbonyl (C=O) groups is 1. The second kappa shape index (κ2) is 24.1. The number of rotatable bonds is 24. The lowest BCUT2D eigenvalue weighted by atomic mass is 9.99. The Balaban J connectivity index is 2.61. The maximum absolute atomic E-state index is 12.7. The Labute approximate surface area is 248 Å². The van der Waals surface area contributed by atoms with Crippen molar-refractivity contribution in [3.63, 3.8) is 0 Å². The zero-order valence-electron chi connectivity index (χ0n) is 25.5. The molecular weight excluding hydrogens is 526 g/mol. The number of nitrogens with one attached hydrogen (secondary N) is 1. The van der Waals surface area contributed by atoms with Gasteiger partial charge in [0.15, 0.2) is 6.29 Å². The molecule has 0 radical (unpaired) electrons. The van der Waals surface area contributed by atoms with Crippen LogP contribution in [0.3, 0.4) is 0 Å². The molecule has 0 aromatic rings. The number of allylic oxidation sites excluding steroid dienone is 3. The highest BCUT2D eigenvalue weighted by Crippen LogP contribution is 2.22. The van der Waals surface area contributed by atoms with E-state index in [1.807, 2.05) is 6.08 Å². The molecule has 2 unspecified atom stereocenters. The van der Waals surface area contributed by atoms with E-state index in [1.54, 1.807) is 12.2 Å². The number of amides is 1. The normalized spacial score (nSPS) is 24.7. The summed E-state index contributed by atoms with van der Waals surface area (Å²) in [7, 11) is 0. The van der Waals surface area contributed by atoms with Crippen LogP contribution in [-0.4, -0.2) is 87.5 Å². The van der Waals surface area contributed by atoms with Gasteiger partial charge in [0.2, 0.25) is 5.91 Å². The summed E-state index contributed by atoms with van der Waals surface area (Å²) in [5.74, 6) is -0.206. The van der Waals surface area contributed by atoms with Crippen molar-refractivity contribution in [3.05, 3.63) is 24.3 Å². The van der Waals surface area contributed by atoms with Crippen LogP contribution in [0.4, 0.5) is 0 Å². The number of ether oxygens (including phenoxy) is 2. The van der Waals surface area contributed by atoms with Crippen molar-refractivity contribution < 1.29 is 39.8 Å². The van der Waals surface area contributed by atoms with Gasteiger partial charge < -0.3 is 40.3 Å². The minimum atomic E-state index is -1.57. The van der Waals surface area contributed by atoms with Crippen LogP contribution >= 0.6 is 0 Å². The molecule has 0 aromatic carbocycles. The Hall–Kier alpha value is -1.33. The molecule has 0 aliphatic carbocycles. The predicted molar refractivity (Wildman–Crippen MR) is 161 cm³/mol. The third kappa shape index (κ3) is 16.8. The van der Waals surface area contributed by atoms with Gasteiger partial charge in [-0.05, 0) is 19.3 Å². The Morgan fingerprint density at radius 3 is 2.02 bits per heavy atom. The first-order valence-electron chi connectivity index (χ1n) is 16.1. The summed E-state index contributed by atoms with van der Waals surface area (Å²) < 4.78 is 11.0. The quantitative estimate of drug-likeness (QED) is 0.0734. The van der Waals surface area contributed by atoms with E-state index in [0.29, 0.717) is 6.42 Å². The zero-order valence-corrected chi connectivity index (χ0v) is 25.5. The Morgan fingerprint density at radius 1 is 0.829 bits per heavy atom. The second-order valence-electron chi connectivity index (χ2n) is 11.3. The molecular formula is C32H59NO8. The van der Waals surface area contributed by atoms with Crippen molar-refractivity contribution >= 4 is 5.91 Å². The average molecular weight is 586 g/mol. The molecule has 1 saturated heterocycles. The van der Waals surface area contributed by atoms with Crippen LogP contribution in [0, 0.1) is 0 Å². The molecule has 1 aliphatic heterocycles. The number of hydrogen-bond acceptors (Lipinski definition) is 8. The zero-order chi connectivity index (χ0) is 30.3. The molecule has 1 rings (SSSR count). The minimum absolute atomic E-state index is 0.206. The molecule has 1 aliphatic rings. The smallest absolute Gasteiger partial charge is 0.220 e. The van der Waals surface area contributed by atoms with Gasteiger partial charge in [-0.25, -0.2) is 0 Å². The largest absolute Gasteiger partial charge is 0.394 e. The highest BCUT2D eigenvalue weighted by molar-refractivity contribution is 5.76. The van der Waals surface area contributed by atoms with Crippen LogP contribution in [0.15, 0.2) is 24.3 Å². The third-order valence-electron chi connectivity index (χ3n) is 7.58. The summed E-state index contributed by atoms with van der Waals surface area (Å²) in [5.41, 5.74) is 0. The SMILES string of the molecule is CCCCCCCCC/C=C/C=C/[C@@H](O)[C@H](CO[C@@H]1O[C@H](CO)[C@@H](O)C(O)C1O)NC(=O)CCCCCCCCC. The summed E-state index contributed by atoms with van der Waals surface area (Å²) >= 11 is 0. The van der Waals surface area contributed by atoms with Gasteiger partial charge in [-0.1, -0.05) is 115 Å². The van der Waals surface area contributed by atoms with E-state index < -0.39 is 49.5 Å². The molecule has 1 fully saturated rings. The first kappa shape index (κ1) is 37.7. The highest BCUT2D eigenvalue weighted by Gasteiger charge is 2.44. The summed E-state index contributed by atoms with van der Waals surface area (Å²) in [5, 5.41) is 53.4. The van der Waals surface area contributed by atoms with Crippen molar-refractivity contribution in [2.45, 2.75) is 159 Å². The summed E-state index contributed by atoms with van der Waals surface area (Å²) in [6, 6.07) is -0.827. The molecule has 41 heavy (non-hydrogen) atoms. The standard InChI is InChI=1S/C32H59NO8/c1-3-5-7-9-11-12-13-14-16-17-19-21-26(35)25(33-28(36)22-20-18-15-10-8-6-4-2)24-40-32-31(39)30(38)29(37)27(23-34)41-32/h16-17,19,21,25-27,29-32,34-35,37-39H,3-15,18,20,22-24H2,1-2H3,(H,33,36)/b17-16+,21-19+/t25-,26+,27+,29+,30?,31?,32+/m0/s1. The molecule has 1 heterocycles. The van der Waals surface area contributed by atoms with Crippen molar-refractivity contribution in [1.29, 1.82) is 0 Å². The van der Waals surface area contributed by atoms with Gasteiger partial charge in [-0.2, -0.15) is 0 Å². The predicted octanol–water partition coefficient (Wildman–Crippen LogP) is 4.04. The van der Waals surface area contributed by atoms with Gasteiger partial charge in [0.1, 0.15) is 24.4 Å². The molecule has 0 aromatic heterocycles. The maximum atomic E-state index is 12.7. The van der Waals surface area contributed by atoms with Gasteiger partial charge in [-0.3, -0.25) is 4.79 Å². The van der Waals surface area contributed by atoms with E-state index in [4.69, 9.17) is 9.47 Å². The lowest BCUT2D eigenvalue weighted by Gasteiger charge is -2.40. The summed E-state index contributed by atoms with van der Waals surface area (Å²) in [6.07, 6.45) is 16.8. The second-order valence-corrected chi connectivity index (χ2v) is 11.3. The fraction of sp³-hybridized carbons (Fsp3) is 0.844. The number of aliphatic hydroxyl groups is 5. The first-order valence-corrected chi connectivity index (χ1v) is 16.1. The van der Waals surface area contributed by atoms with Crippen LogP contribution in [0.2, 0.25) is 0 Å². The van der Waals surface area contributed by atoms with E-state index in [0.717, 1.165) is 32.1 Å². The maximum Gasteiger partial charge on any atom is 0.220 e. The molecule has 9 heteroatoms. The monoisotopic (exact) mass is 585 g/mol. The summed E-state index contributed by atoms with van der Waals surface area (Å²) in [6.45, 7) is 3.62. The molecule has 0 spiro atoms. The van der Waals surface area contributed by atoms with Crippen molar-refractivity contribution in [3.8, 4) is 0 Å². The van der Waals surface area contributed by atoms with Crippen molar-refractivity contribution in [1.82, 2.24) is 5.32 Å². The summed E-state index contributed by atoms with van der Waals surface area (Å²) in [4.78, 5) is 12.7. The Bertz CT molecular complexity index is 701. The number of carbonyl (C=O) groups excluding carboxylic acids is 1. The molecule has 7 atom stereocenters. The van der Waals surface area contributed by atoms with Gasteiger partial charge in [0.05, 0.1) is 25.4 Å². The van der Waals surface area contributed by atoms with Gasteiger partial charge >= 0.3 is 0 Å². The van der Waals surface area contributed by atoms with E-state index >= 15 is 0 Å². The Morgan fingerprint density at radius 2 is 1.41 bits per heavy atom. The number of unbranched alkanes of at least 4 members (excludes halogenated alkanes) is 13. The van der Waals surface area contributed by atoms with Crippen LogP contribution < -0.4 is 5.32 Å². The van der Waals surface area contributed by atoms with Crippen LogP contribution in [0.1, 0.15) is 117 Å². The van der Waals surface area contributed by atoms with Crippen LogP contribution in [-0.2, 0) is 14.3 Å². The van der Waals surface area contributed by atoms with Gasteiger partial charge in [0.25, 0.3) is 0 Å². The first-order chi connectivity index (χ1) is 19.8. The molecule has 6 N–H and O–H groups in total. The number of hydrogen-bond donors (Lipinski definition) is 6. The third-order valence-corrected chi connectivity index (χ3v) is 7.58. The fourth-order valence-corrected chi connectivity index (χ4v) is 4.86. The van der Waals surface area contributed by atoms with E-state index in [1.165, 1.54) is 64.2 Å². The van der Waals surface area contributed by atoms with Gasteiger partial charge in [-0.15, -0.1) is 0 Å². The topological polar surface area (TPSA) is 149 Å². The van der Waals surface area contributed by atoms with Crippen molar-refractivity contribution in [2.75, 3.05) is 13.2 Å². The minimum Gasteiger partial charge on any atom is -0.394 e. The van der Waals surface area contributed by atoms with Gasteiger partial charge in [0, 0.05) is 6.42 Å². The van der Waals surface area contributed by atoms with E-state index in [9.17, 15) is 30.3 Å². The molecule has 1 amide bonds. The molecule has 0 saturated carbocycles. The average Bonchev–Trinajstić information content (AvgIpc) is 2.97. The van der Waals surface area contributed by atoms with Crippen molar-refractivity contribution in [2.24, 2.45) is 0 Å². The highest BCUT2D eigenvalue weighted by atomic mass is 16.7. The molecule has 9 nitrogen and oxygen atoms in total. The van der Waals surface area contributed by atoms with E-state index in [2.05, 4.69) is 25.2 Å². The van der Waals surface area contributed by atoms with Crippen LogP contribution in [0.5, 0.6) is 0 Å². The lowest BCUT2D eigenvalue weighted by molar-refractivity contribution is -0.302. The molecule has 0 bridgehead atoms. The Kier molecular flexibility index (Phi) is 22.2. The van der Waals surface area contributed by atoms with E-state index in [-0.39, 0.29) is 12.5 Å². The molecule has 240 valence electrons. The number of aliphatic hydroxyl groups excluding tert-OH is 5. The fourth-order valence-electron chi connectivity index (χ4n) is 4.86. The lowest BCUT2D eigenvalue weighted by Crippen LogP contribution is -2.60.